The second-order valence-corrected chi connectivity index (χ2v) is 10.00. The topological polar surface area (TPSA) is 112 Å². The molecule has 1 saturated heterocycles. The van der Waals surface area contributed by atoms with Gasteiger partial charge in [-0.3, -0.25) is 19.5 Å². The molecule has 5 rings (SSSR count). The van der Waals surface area contributed by atoms with E-state index in [0.717, 1.165) is 30.8 Å². The average molecular weight is 600 g/mol. The summed E-state index contributed by atoms with van der Waals surface area (Å²) < 4.78 is 50.5. The summed E-state index contributed by atoms with van der Waals surface area (Å²) in [5.74, 6) is 0.535. The van der Waals surface area contributed by atoms with Gasteiger partial charge >= 0.3 is 12.2 Å². The standard InChI is InChI=1S/C29H32F3N7O4/c1-3-33-27-34-17-20-18-39(28(41)38(25(20)36-27)8-7-37-9-11-43-12-10-37)23-14-22(15-24(16-23)42-2)35-26(40)19-5-4-6-21(13-19)29(30,31)32/h4-6,13-17H,3,7-12,18H2,1-2H3,(H,35,40)(H,33,34,36). The minimum atomic E-state index is -4.59. The summed E-state index contributed by atoms with van der Waals surface area (Å²) in [5, 5.41) is 5.72. The van der Waals surface area contributed by atoms with E-state index in [-0.39, 0.29) is 23.8 Å². The van der Waals surface area contributed by atoms with E-state index in [1.165, 1.54) is 30.2 Å². The van der Waals surface area contributed by atoms with Crippen LogP contribution in [0.4, 0.5) is 41.1 Å². The lowest BCUT2D eigenvalue weighted by Crippen LogP contribution is -2.51. The molecule has 11 nitrogen and oxygen atoms in total. The molecule has 2 aromatic carbocycles. The minimum absolute atomic E-state index is 0.156. The molecule has 1 fully saturated rings. The van der Waals surface area contributed by atoms with Gasteiger partial charge in [0.1, 0.15) is 11.6 Å². The Morgan fingerprint density at radius 2 is 1.91 bits per heavy atom. The zero-order valence-electron chi connectivity index (χ0n) is 23.8. The molecule has 0 atom stereocenters. The zero-order chi connectivity index (χ0) is 30.6. The number of morpholine rings is 1. The third-order valence-electron chi connectivity index (χ3n) is 7.11. The number of aromatic nitrogens is 2. The van der Waals surface area contributed by atoms with Gasteiger partial charge in [-0.25, -0.2) is 9.78 Å². The van der Waals surface area contributed by atoms with Gasteiger partial charge in [0.25, 0.3) is 5.91 Å². The van der Waals surface area contributed by atoms with Gasteiger partial charge in [-0.15, -0.1) is 0 Å². The fourth-order valence-corrected chi connectivity index (χ4v) is 4.90. The molecular formula is C29H32F3N7O4. The number of ether oxygens (including phenoxy) is 2. The minimum Gasteiger partial charge on any atom is -0.497 e. The maximum atomic E-state index is 14.0. The van der Waals surface area contributed by atoms with Crippen molar-refractivity contribution in [1.29, 1.82) is 0 Å². The molecule has 0 saturated carbocycles. The first-order valence-corrected chi connectivity index (χ1v) is 13.8. The average Bonchev–Trinajstić information content (AvgIpc) is 3.00. The van der Waals surface area contributed by atoms with Crippen molar-refractivity contribution in [2.24, 2.45) is 0 Å². The van der Waals surface area contributed by atoms with Gasteiger partial charge in [-0.1, -0.05) is 6.07 Å². The van der Waals surface area contributed by atoms with Crippen LogP contribution in [0.3, 0.4) is 0 Å². The van der Waals surface area contributed by atoms with Crippen molar-refractivity contribution in [3.8, 4) is 5.75 Å². The Balaban J connectivity index is 1.44. The van der Waals surface area contributed by atoms with E-state index < -0.39 is 17.6 Å². The highest BCUT2D eigenvalue weighted by Crippen LogP contribution is 2.35. The van der Waals surface area contributed by atoms with Crippen molar-refractivity contribution < 1.29 is 32.2 Å². The molecule has 2 N–H and O–H groups in total. The summed E-state index contributed by atoms with van der Waals surface area (Å²) in [6.07, 6.45) is -2.91. The molecule has 0 radical (unpaired) electrons. The summed E-state index contributed by atoms with van der Waals surface area (Å²) in [4.78, 5) is 41.3. The summed E-state index contributed by atoms with van der Waals surface area (Å²) in [6, 6.07) is 8.58. The van der Waals surface area contributed by atoms with E-state index in [9.17, 15) is 22.8 Å². The lowest BCUT2D eigenvalue weighted by molar-refractivity contribution is -0.137. The Labute approximate surface area is 246 Å². The maximum absolute atomic E-state index is 14.0. The zero-order valence-corrected chi connectivity index (χ0v) is 23.8. The third kappa shape index (κ3) is 6.97. The van der Waals surface area contributed by atoms with Crippen molar-refractivity contribution in [2.45, 2.75) is 19.6 Å². The van der Waals surface area contributed by atoms with E-state index in [2.05, 4.69) is 25.5 Å². The van der Waals surface area contributed by atoms with Gasteiger partial charge in [-0.05, 0) is 31.2 Å². The number of amides is 3. The molecule has 0 unspecified atom stereocenters. The van der Waals surface area contributed by atoms with Crippen molar-refractivity contribution >= 4 is 35.1 Å². The fraction of sp³-hybridized carbons (Fsp3) is 0.379. The molecule has 43 heavy (non-hydrogen) atoms. The van der Waals surface area contributed by atoms with Crippen LogP contribution in [0, 0.1) is 0 Å². The SMILES string of the molecule is CCNc1ncc2c(n1)N(CCN1CCOCC1)C(=O)N(c1cc(NC(=O)c3cccc(C(F)(F)F)c3)cc(OC)c1)C2. The predicted octanol–water partition coefficient (Wildman–Crippen LogP) is 4.47. The van der Waals surface area contributed by atoms with Crippen LogP contribution in [-0.2, 0) is 17.5 Å². The first-order valence-electron chi connectivity index (χ1n) is 13.8. The molecule has 2 aliphatic heterocycles. The van der Waals surface area contributed by atoms with Crippen LogP contribution in [0.15, 0.2) is 48.7 Å². The summed E-state index contributed by atoms with van der Waals surface area (Å²) in [5.41, 5.74) is 0.293. The molecule has 3 amide bonds. The number of methoxy groups -OCH3 is 1. The number of urea groups is 1. The van der Waals surface area contributed by atoms with Gasteiger partial charge in [0.15, 0.2) is 0 Å². The Morgan fingerprint density at radius 3 is 2.63 bits per heavy atom. The van der Waals surface area contributed by atoms with Gasteiger partial charge in [0.2, 0.25) is 5.95 Å². The highest BCUT2D eigenvalue weighted by atomic mass is 19.4. The van der Waals surface area contributed by atoms with Gasteiger partial charge < -0.3 is 20.1 Å². The number of benzene rings is 2. The molecule has 2 aliphatic rings. The van der Waals surface area contributed by atoms with Gasteiger partial charge in [0, 0.05) is 67.9 Å². The second-order valence-electron chi connectivity index (χ2n) is 10.00. The van der Waals surface area contributed by atoms with E-state index in [1.54, 1.807) is 23.2 Å². The van der Waals surface area contributed by atoms with Crippen LogP contribution in [0.25, 0.3) is 0 Å². The molecular weight excluding hydrogens is 567 g/mol. The number of carbonyl (C=O) groups excluding carboxylic acids is 2. The molecule has 14 heteroatoms. The molecule has 0 spiro atoms. The van der Waals surface area contributed by atoms with Crippen LogP contribution < -0.4 is 25.2 Å². The Kier molecular flexibility index (Phi) is 8.97. The van der Waals surface area contributed by atoms with E-state index in [4.69, 9.17) is 9.47 Å². The second kappa shape index (κ2) is 12.8. The first kappa shape index (κ1) is 30.0. The van der Waals surface area contributed by atoms with Crippen molar-refractivity contribution in [1.82, 2.24) is 14.9 Å². The van der Waals surface area contributed by atoms with Crippen molar-refractivity contribution in [3.05, 3.63) is 65.4 Å². The molecule has 0 bridgehead atoms. The summed E-state index contributed by atoms with van der Waals surface area (Å²) in [7, 11) is 1.44. The quantitative estimate of drug-likeness (QED) is 0.371. The van der Waals surface area contributed by atoms with E-state index in [1.807, 2.05) is 6.92 Å². The van der Waals surface area contributed by atoms with Crippen molar-refractivity contribution in [3.63, 3.8) is 0 Å². The lowest BCUT2D eigenvalue weighted by Gasteiger charge is -2.37. The monoisotopic (exact) mass is 599 g/mol. The summed E-state index contributed by atoms with van der Waals surface area (Å²) >= 11 is 0. The first-order chi connectivity index (χ1) is 20.7. The normalized spacial score (nSPS) is 15.7. The molecule has 3 aromatic rings. The number of rotatable bonds is 9. The Morgan fingerprint density at radius 1 is 1.12 bits per heavy atom. The summed E-state index contributed by atoms with van der Waals surface area (Å²) in [6.45, 7) is 6.45. The Bertz CT molecular complexity index is 1480. The number of nitrogens with zero attached hydrogens (tertiary/aromatic N) is 5. The fourth-order valence-electron chi connectivity index (χ4n) is 4.90. The highest BCUT2D eigenvalue weighted by molar-refractivity contribution is 6.07. The van der Waals surface area contributed by atoms with E-state index >= 15 is 0 Å². The maximum Gasteiger partial charge on any atom is 0.416 e. The van der Waals surface area contributed by atoms with Crippen molar-refractivity contribution in [2.75, 3.05) is 73.5 Å². The van der Waals surface area contributed by atoms with Gasteiger partial charge in [0.05, 0.1) is 38.1 Å². The Hall–Kier alpha value is -4.43. The number of hydrogen-bond donors (Lipinski definition) is 2. The van der Waals surface area contributed by atoms with Crippen LogP contribution in [-0.4, -0.2) is 79.9 Å². The lowest BCUT2D eigenvalue weighted by atomic mass is 10.1. The molecule has 228 valence electrons. The van der Waals surface area contributed by atoms with Gasteiger partial charge in [-0.2, -0.15) is 18.2 Å². The number of anilines is 4. The number of alkyl halides is 3. The third-order valence-corrected chi connectivity index (χ3v) is 7.11. The molecule has 0 aliphatic carbocycles. The predicted molar refractivity (Wildman–Crippen MR) is 155 cm³/mol. The van der Waals surface area contributed by atoms with E-state index in [0.29, 0.717) is 56.1 Å². The number of fused-ring (bicyclic) bond motifs is 1. The number of carbonyl (C=O) groups is 2. The number of halogens is 3. The van der Waals surface area contributed by atoms with Crippen LogP contribution >= 0.6 is 0 Å². The highest BCUT2D eigenvalue weighted by Gasteiger charge is 2.34. The number of nitrogens with one attached hydrogen (secondary N) is 2. The molecule has 3 heterocycles. The smallest absolute Gasteiger partial charge is 0.416 e. The largest absolute Gasteiger partial charge is 0.497 e. The number of hydrogen-bond acceptors (Lipinski definition) is 8. The molecule has 1 aromatic heterocycles. The van der Waals surface area contributed by atoms with Crippen LogP contribution in [0.5, 0.6) is 5.75 Å². The van der Waals surface area contributed by atoms with Crippen LogP contribution in [0.2, 0.25) is 0 Å². The van der Waals surface area contributed by atoms with Crippen LogP contribution in [0.1, 0.15) is 28.4 Å².